The fourth-order valence-electron chi connectivity index (χ4n) is 4.00. The van der Waals surface area contributed by atoms with Crippen LogP contribution in [0, 0.1) is 0 Å². The minimum atomic E-state index is -4.02. The Hall–Kier alpha value is -3.85. The van der Waals surface area contributed by atoms with E-state index in [0.29, 0.717) is 43.2 Å². The molecule has 1 aliphatic rings. The quantitative estimate of drug-likeness (QED) is 0.450. The van der Waals surface area contributed by atoms with Crippen molar-refractivity contribution in [3.05, 3.63) is 90.0 Å². The molecule has 1 aliphatic heterocycles. The largest absolute Gasteiger partial charge is 0.497 e. The number of hydrogen-bond acceptors (Lipinski definition) is 5. The van der Waals surface area contributed by atoms with Crippen LogP contribution < -0.4 is 9.04 Å². The number of carbonyl (C=O) groups is 2. The van der Waals surface area contributed by atoms with Crippen LogP contribution in [0.25, 0.3) is 0 Å². The molecule has 35 heavy (non-hydrogen) atoms. The highest BCUT2D eigenvalue weighted by Crippen LogP contribution is 2.31. The first-order valence-corrected chi connectivity index (χ1v) is 12.7. The molecule has 0 aliphatic carbocycles. The lowest BCUT2D eigenvalue weighted by atomic mass is 10.1. The van der Waals surface area contributed by atoms with Crippen LogP contribution in [-0.2, 0) is 21.4 Å². The van der Waals surface area contributed by atoms with Gasteiger partial charge in [-0.2, -0.15) is 0 Å². The molecule has 3 aromatic carbocycles. The van der Waals surface area contributed by atoms with Gasteiger partial charge in [-0.15, -0.1) is 0 Å². The van der Waals surface area contributed by atoms with Gasteiger partial charge in [-0.25, -0.2) is 8.42 Å². The molecular weight excluding hydrogens is 466 g/mol. The summed E-state index contributed by atoms with van der Waals surface area (Å²) in [5, 5.41) is 0. The van der Waals surface area contributed by atoms with Gasteiger partial charge in [0, 0.05) is 26.2 Å². The highest BCUT2D eigenvalue weighted by atomic mass is 32.2. The topological polar surface area (TPSA) is 87.2 Å². The standard InChI is InChI=1S/C26H27N3O5S/c1-34-22-11-13-23(14-12-22)35(32,33)29(19-21-7-3-2-4-8-21)25-10-6-5-9-24(25)26(31)28-17-15-27(20-30)16-18-28/h2-14,20H,15-19H2,1H3. The number of amides is 2. The Bertz CT molecular complexity index is 1270. The Balaban J connectivity index is 1.75. The van der Waals surface area contributed by atoms with Crippen LogP contribution in [0.15, 0.2) is 83.8 Å². The third-order valence-corrected chi connectivity index (χ3v) is 7.74. The van der Waals surface area contributed by atoms with E-state index < -0.39 is 10.0 Å². The Morgan fingerprint density at radius 2 is 1.54 bits per heavy atom. The summed E-state index contributed by atoms with van der Waals surface area (Å²) < 4.78 is 34.2. The minimum absolute atomic E-state index is 0.0540. The van der Waals surface area contributed by atoms with E-state index in [9.17, 15) is 18.0 Å². The third kappa shape index (κ3) is 5.30. The average Bonchev–Trinajstić information content (AvgIpc) is 2.92. The molecule has 182 valence electrons. The maximum atomic E-state index is 13.9. The van der Waals surface area contributed by atoms with Gasteiger partial charge in [0.1, 0.15) is 5.75 Å². The highest BCUT2D eigenvalue weighted by Gasteiger charge is 2.31. The van der Waals surface area contributed by atoms with Gasteiger partial charge in [0.15, 0.2) is 0 Å². The SMILES string of the molecule is COc1ccc(S(=O)(=O)N(Cc2ccccc2)c2ccccc2C(=O)N2CCN(C=O)CC2)cc1. The average molecular weight is 494 g/mol. The number of rotatable bonds is 8. The summed E-state index contributed by atoms with van der Waals surface area (Å²) in [6.07, 6.45) is 0.777. The molecule has 0 radical (unpaired) electrons. The number of para-hydroxylation sites is 1. The fourth-order valence-corrected chi connectivity index (χ4v) is 5.47. The summed E-state index contributed by atoms with van der Waals surface area (Å²) in [4.78, 5) is 27.9. The van der Waals surface area contributed by atoms with E-state index in [1.807, 2.05) is 30.3 Å². The summed E-state index contributed by atoms with van der Waals surface area (Å²) in [5.41, 5.74) is 1.38. The molecule has 8 nitrogen and oxygen atoms in total. The minimum Gasteiger partial charge on any atom is -0.497 e. The highest BCUT2D eigenvalue weighted by molar-refractivity contribution is 7.92. The molecule has 4 rings (SSSR count). The van der Waals surface area contributed by atoms with Crippen molar-refractivity contribution >= 4 is 28.0 Å². The van der Waals surface area contributed by atoms with E-state index in [-0.39, 0.29) is 17.3 Å². The first kappa shape index (κ1) is 24.3. The molecule has 0 bridgehead atoms. The molecule has 0 atom stereocenters. The Kier molecular flexibility index (Phi) is 7.36. The van der Waals surface area contributed by atoms with Gasteiger partial charge in [-0.1, -0.05) is 42.5 Å². The second kappa shape index (κ2) is 10.6. The molecule has 9 heteroatoms. The number of benzene rings is 3. The third-order valence-electron chi connectivity index (χ3n) is 5.97. The lowest BCUT2D eigenvalue weighted by Gasteiger charge is -2.34. The van der Waals surface area contributed by atoms with Crippen LogP contribution in [0.3, 0.4) is 0 Å². The van der Waals surface area contributed by atoms with Gasteiger partial charge in [-0.3, -0.25) is 13.9 Å². The van der Waals surface area contributed by atoms with Crippen molar-refractivity contribution in [2.75, 3.05) is 37.6 Å². The zero-order valence-corrected chi connectivity index (χ0v) is 20.2. The molecule has 1 saturated heterocycles. The zero-order valence-electron chi connectivity index (χ0n) is 19.4. The smallest absolute Gasteiger partial charge is 0.264 e. The van der Waals surface area contributed by atoms with Crippen LogP contribution in [0.2, 0.25) is 0 Å². The van der Waals surface area contributed by atoms with Crippen molar-refractivity contribution < 1.29 is 22.7 Å². The molecule has 1 heterocycles. The Morgan fingerprint density at radius 1 is 0.914 bits per heavy atom. The van der Waals surface area contributed by atoms with Gasteiger partial charge >= 0.3 is 0 Å². The van der Waals surface area contributed by atoms with Crippen molar-refractivity contribution in [1.29, 1.82) is 0 Å². The molecule has 2 amide bonds. The monoisotopic (exact) mass is 493 g/mol. The van der Waals surface area contributed by atoms with E-state index >= 15 is 0 Å². The van der Waals surface area contributed by atoms with Crippen LogP contribution in [-0.4, -0.2) is 63.8 Å². The summed E-state index contributed by atoms with van der Waals surface area (Å²) in [7, 11) is -2.51. The van der Waals surface area contributed by atoms with E-state index in [1.54, 1.807) is 46.2 Å². The second-order valence-corrected chi connectivity index (χ2v) is 9.99. The molecule has 3 aromatic rings. The zero-order chi connectivity index (χ0) is 24.8. The maximum absolute atomic E-state index is 13.9. The Labute approximate surface area is 205 Å². The first-order valence-electron chi connectivity index (χ1n) is 11.2. The van der Waals surface area contributed by atoms with E-state index in [4.69, 9.17) is 4.74 Å². The van der Waals surface area contributed by atoms with Crippen molar-refractivity contribution in [3.63, 3.8) is 0 Å². The van der Waals surface area contributed by atoms with Crippen molar-refractivity contribution in [2.45, 2.75) is 11.4 Å². The fraction of sp³-hybridized carbons (Fsp3) is 0.231. The molecule has 0 unspecified atom stereocenters. The lowest BCUT2D eigenvalue weighted by molar-refractivity contribution is -0.119. The number of ether oxygens (including phenoxy) is 1. The van der Waals surface area contributed by atoms with Crippen LogP contribution >= 0.6 is 0 Å². The van der Waals surface area contributed by atoms with Gasteiger partial charge in [0.05, 0.1) is 29.8 Å². The van der Waals surface area contributed by atoms with Crippen molar-refractivity contribution in [2.24, 2.45) is 0 Å². The molecule has 0 aromatic heterocycles. The summed E-state index contributed by atoms with van der Waals surface area (Å²) in [6.45, 7) is 1.70. The lowest BCUT2D eigenvalue weighted by Crippen LogP contribution is -2.48. The Morgan fingerprint density at radius 3 is 2.17 bits per heavy atom. The summed E-state index contributed by atoms with van der Waals surface area (Å²) in [5.74, 6) is 0.276. The number of hydrogen-bond donors (Lipinski definition) is 0. The second-order valence-electron chi connectivity index (χ2n) is 8.12. The summed E-state index contributed by atoms with van der Waals surface area (Å²) >= 11 is 0. The number of anilines is 1. The summed E-state index contributed by atoms with van der Waals surface area (Å²) in [6, 6.07) is 22.2. The van der Waals surface area contributed by atoms with Crippen molar-refractivity contribution in [3.8, 4) is 5.75 Å². The molecule has 1 fully saturated rings. The molecule has 0 spiro atoms. The van der Waals surface area contributed by atoms with Gasteiger partial charge in [0.2, 0.25) is 6.41 Å². The number of nitrogens with zero attached hydrogens (tertiary/aromatic N) is 3. The van der Waals surface area contributed by atoms with Crippen LogP contribution in [0.4, 0.5) is 5.69 Å². The number of methoxy groups -OCH3 is 1. The normalized spacial score (nSPS) is 13.9. The molecular formula is C26H27N3O5S. The molecule has 0 N–H and O–H groups in total. The van der Waals surface area contributed by atoms with Gasteiger partial charge in [0.25, 0.3) is 15.9 Å². The number of sulfonamides is 1. The van der Waals surface area contributed by atoms with E-state index in [0.717, 1.165) is 12.0 Å². The van der Waals surface area contributed by atoms with E-state index in [2.05, 4.69) is 0 Å². The number of carbonyl (C=O) groups excluding carboxylic acids is 2. The molecule has 0 saturated carbocycles. The predicted molar refractivity (Wildman–Crippen MR) is 133 cm³/mol. The van der Waals surface area contributed by atoms with Gasteiger partial charge in [-0.05, 0) is 42.0 Å². The van der Waals surface area contributed by atoms with Crippen LogP contribution in [0.1, 0.15) is 15.9 Å². The van der Waals surface area contributed by atoms with Crippen molar-refractivity contribution in [1.82, 2.24) is 9.80 Å². The van der Waals surface area contributed by atoms with E-state index in [1.165, 1.54) is 23.5 Å². The number of piperazine rings is 1. The van der Waals surface area contributed by atoms with Crippen LogP contribution in [0.5, 0.6) is 5.75 Å². The first-order chi connectivity index (χ1) is 16.9. The maximum Gasteiger partial charge on any atom is 0.264 e. The predicted octanol–water partition coefficient (Wildman–Crippen LogP) is 3.00. The van der Waals surface area contributed by atoms with Gasteiger partial charge < -0.3 is 14.5 Å².